The maximum absolute atomic E-state index is 12.0. The summed E-state index contributed by atoms with van der Waals surface area (Å²) in [6, 6.07) is 11.9. The highest BCUT2D eigenvalue weighted by Crippen LogP contribution is 2.49. The number of halogens is 1. The number of methoxy groups -OCH3 is 1. The Kier molecular flexibility index (Phi) is 5.80. The summed E-state index contributed by atoms with van der Waals surface area (Å²) >= 11 is 3.57. The molecule has 2 aromatic carbocycles. The van der Waals surface area contributed by atoms with Gasteiger partial charge in [0, 0.05) is 21.5 Å². The third kappa shape index (κ3) is 4.29. The van der Waals surface area contributed by atoms with Gasteiger partial charge in [-0.25, -0.2) is 0 Å². The van der Waals surface area contributed by atoms with E-state index in [0.29, 0.717) is 18.1 Å². The molecule has 0 heterocycles. The summed E-state index contributed by atoms with van der Waals surface area (Å²) in [6.45, 7) is 6.58. The van der Waals surface area contributed by atoms with Gasteiger partial charge in [0.05, 0.1) is 20.1 Å². The molecule has 3 rings (SSSR count). The maximum atomic E-state index is 12.0. The molecule has 0 saturated heterocycles. The van der Waals surface area contributed by atoms with E-state index in [1.165, 1.54) is 11.1 Å². The van der Waals surface area contributed by atoms with E-state index < -0.39 is 0 Å². The average molecular weight is 433 g/mol. The fourth-order valence-corrected chi connectivity index (χ4v) is 3.99. The van der Waals surface area contributed by atoms with Crippen LogP contribution in [0, 0.1) is 5.41 Å². The number of esters is 1. The first-order chi connectivity index (χ1) is 12.8. The lowest BCUT2D eigenvalue weighted by atomic mass is 9.87. The topological polar surface area (TPSA) is 44.8 Å². The van der Waals surface area contributed by atoms with Gasteiger partial charge in [0.25, 0.3) is 0 Å². The van der Waals surface area contributed by atoms with Crippen LogP contribution >= 0.6 is 15.9 Å². The molecule has 0 N–H and O–H groups in total. The third-order valence-corrected chi connectivity index (χ3v) is 5.40. The smallest absolute Gasteiger partial charge is 0.310 e. The second kappa shape index (κ2) is 7.93. The van der Waals surface area contributed by atoms with E-state index in [1.807, 2.05) is 18.2 Å². The van der Waals surface area contributed by atoms with Gasteiger partial charge in [-0.05, 0) is 42.7 Å². The largest absolute Gasteiger partial charge is 0.497 e. The predicted octanol–water partition coefficient (Wildman–Crippen LogP) is 5.27. The Morgan fingerprint density at radius 1 is 1.22 bits per heavy atom. The Labute approximate surface area is 169 Å². The van der Waals surface area contributed by atoms with Crippen molar-refractivity contribution in [3.8, 4) is 11.5 Å². The van der Waals surface area contributed by atoms with Crippen LogP contribution in [0.2, 0.25) is 0 Å². The molecule has 1 aliphatic carbocycles. The van der Waals surface area contributed by atoms with Crippen molar-refractivity contribution < 1.29 is 19.0 Å². The molecule has 0 amide bonds. The fraction of sp³-hybridized carbons (Fsp3) is 0.409. The molecule has 0 spiro atoms. The summed E-state index contributed by atoms with van der Waals surface area (Å²) in [5.41, 5.74) is 3.21. The van der Waals surface area contributed by atoms with Crippen LogP contribution in [0.3, 0.4) is 0 Å². The van der Waals surface area contributed by atoms with Crippen LogP contribution < -0.4 is 9.47 Å². The second-order valence-corrected chi connectivity index (χ2v) is 8.38. The predicted molar refractivity (Wildman–Crippen MR) is 108 cm³/mol. The van der Waals surface area contributed by atoms with Crippen molar-refractivity contribution in [3.63, 3.8) is 0 Å². The number of rotatable bonds is 6. The Hall–Kier alpha value is -2.01. The number of ether oxygens (including phenoxy) is 3. The summed E-state index contributed by atoms with van der Waals surface area (Å²) in [5.74, 6) is 1.09. The van der Waals surface area contributed by atoms with Crippen LogP contribution in [0.15, 0.2) is 40.9 Å². The van der Waals surface area contributed by atoms with E-state index in [4.69, 9.17) is 14.2 Å². The molecule has 27 heavy (non-hydrogen) atoms. The van der Waals surface area contributed by atoms with Gasteiger partial charge in [-0.1, -0.05) is 41.9 Å². The molecule has 1 atom stereocenters. The Morgan fingerprint density at radius 3 is 2.70 bits per heavy atom. The normalized spacial score (nSPS) is 17.3. The number of fused-ring (bicyclic) bond motifs is 1. The summed E-state index contributed by atoms with van der Waals surface area (Å²) in [7, 11) is 1.62. The van der Waals surface area contributed by atoms with E-state index in [2.05, 4.69) is 48.0 Å². The summed E-state index contributed by atoms with van der Waals surface area (Å²) < 4.78 is 18.0. The Morgan fingerprint density at radius 2 is 2.00 bits per heavy atom. The lowest BCUT2D eigenvalue weighted by Crippen LogP contribution is -2.23. The van der Waals surface area contributed by atoms with E-state index in [0.717, 1.165) is 16.5 Å². The highest BCUT2D eigenvalue weighted by molar-refractivity contribution is 9.10. The lowest BCUT2D eigenvalue weighted by Gasteiger charge is -2.29. The van der Waals surface area contributed by atoms with Crippen LogP contribution in [0.4, 0.5) is 0 Å². The summed E-state index contributed by atoms with van der Waals surface area (Å²) in [6.07, 6.45) is 1.00. The van der Waals surface area contributed by atoms with Crippen molar-refractivity contribution in [2.45, 2.75) is 39.7 Å². The highest BCUT2D eigenvalue weighted by atomic mass is 79.9. The van der Waals surface area contributed by atoms with Crippen LogP contribution in [0.5, 0.6) is 11.5 Å². The van der Waals surface area contributed by atoms with Crippen LogP contribution in [-0.2, 0) is 22.4 Å². The zero-order valence-electron chi connectivity index (χ0n) is 16.2. The van der Waals surface area contributed by atoms with Crippen molar-refractivity contribution in [1.82, 2.24) is 0 Å². The van der Waals surface area contributed by atoms with Crippen molar-refractivity contribution in [2.75, 3.05) is 13.7 Å². The Bertz CT molecular complexity index is 844. The zero-order chi connectivity index (χ0) is 19.6. The minimum absolute atomic E-state index is 0.0621. The lowest BCUT2D eigenvalue weighted by molar-refractivity contribution is -0.142. The number of carbonyl (C=O) groups excluding carboxylic acids is 1. The maximum Gasteiger partial charge on any atom is 0.310 e. The first-order valence-electron chi connectivity index (χ1n) is 9.11. The molecule has 0 radical (unpaired) electrons. The molecule has 4 nitrogen and oxygen atoms in total. The SMILES string of the molecule is CCOC(=O)Cc1ccc(OC)cc1OC1c2cc(Br)ccc2CC1(C)C. The molecule has 0 bridgehead atoms. The minimum Gasteiger partial charge on any atom is -0.497 e. The highest BCUT2D eigenvalue weighted by Gasteiger charge is 2.41. The van der Waals surface area contributed by atoms with E-state index in [1.54, 1.807) is 14.0 Å². The Balaban J connectivity index is 1.96. The second-order valence-electron chi connectivity index (χ2n) is 7.46. The van der Waals surface area contributed by atoms with Crippen LogP contribution in [-0.4, -0.2) is 19.7 Å². The van der Waals surface area contributed by atoms with Gasteiger partial charge in [-0.3, -0.25) is 4.79 Å². The van der Waals surface area contributed by atoms with Crippen molar-refractivity contribution >= 4 is 21.9 Å². The molecule has 2 aromatic rings. The van der Waals surface area contributed by atoms with Crippen molar-refractivity contribution in [1.29, 1.82) is 0 Å². The summed E-state index contributed by atoms with van der Waals surface area (Å²) in [5, 5.41) is 0. The first kappa shape index (κ1) is 19.7. The molecule has 144 valence electrons. The summed E-state index contributed by atoms with van der Waals surface area (Å²) in [4.78, 5) is 12.0. The molecule has 1 aliphatic rings. The molecule has 0 aromatic heterocycles. The van der Waals surface area contributed by atoms with Crippen molar-refractivity contribution in [2.24, 2.45) is 5.41 Å². The van der Waals surface area contributed by atoms with Crippen LogP contribution in [0.1, 0.15) is 43.6 Å². The zero-order valence-corrected chi connectivity index (χ0v) is 17.8. The van der Waals surface area contributed by atoms with Gasteiger partial charge < -0.3 is 14.2 Å². The molecular weight excluding hydrogens is 408 g/mol. The standard InChI is InChI=1S/C22H25BrO4/c1-5-26-20(24)10-14-7-9-17(25-4)12-19(14)27-21-18-11-16(23)8-6-15(18)13-22(21,2)3/h6-9,11-12,21H,5,10,13H2,1-4H3. The van der Waals surface area contributed by atoms with E-state index in [9.17, 15) is 4.79 Å². The number of carbonyl (C=O) groups is 1. The van der Waals surface area contributed by atoms with Gasteiger partial charge in [0.1, 0.15) is 17.6 Å². The average Bonchev–Trinajstić information content (AvgIpc) is 2.86. The molecule has 0 aliphatic heterocycles. The van der Waals surface area contributed by atoms with Gasteiger partial charge >= 0.3 is 5.97 Å². The molecular formula is C22H25BrO4. The van der Waals surface area contributed by atoms with Gasteiger partial charge in [0.2, 0.25) is 0 Å². The number of benzene rings is 2. The van der Waals surface area contributed by atoms with Crippen molar-refractivity contribution in [3.05, 3.63) is 57.6 Å². The minimum atomic E-state index is -0.263. The van der Waals surface area contributed by atoms with Gasteiger partial charge in [-0.15, -0.1) is 0 Å². The molecule has 1 unspecified atom stereocenters. The number of hydrogen-bond donors (Lipinski definition) is 0. The quantitative estimate of drug-likeness (QED) is 0.583. The molecule has 0 saturated carbocycles. The van der Waals surface area contributed by atoms with Gasteiger partial charge in [0.15, 0.2) is 0 Å². The third-order valence-electron chi connectivity index (χ3n) is 4.91. The monoisotopic (exact) mass is 432 g/mol. The van der Waals surface area contributed by atoms with Gasteiger partial charge in [-0.2, -0.15) is 0 Å². The van der Waals surface area contributed by atoms with E-state index in [-0.39, 0.29) is 23.9 Å². The van der Waals surface area contributed by atoms with Crippen LogP contribution in [0.25, 0.3) is 0 Å². The molecule has 0 fully saturated rings. The molecule has 5 heteroatoms. The van der Waals surface area contributed by atoms with E-state index >= 15 is 0 Å². The first-order valence-corrected chi connectivity index (χ1v) is 9.91. The number of hydrogen-bond acceptors (Lipinski definition) is 4. The fourth-order valence-electron chi connectivity index (χ4n) is 3.61.